The summed E-state index contributed by atoms with van der Waals surface area (Å²) in [7, 11) is 0. The van der Waals surface area contributed by atoms with Gasteiger partial charge in [-0.05, 0) is 63.1 Å². The molecule has 0 radical (unpaired) electrons. The van der Waals surface area contributed by atoms with E-state index in [1.165, 1.54) is 0 Å². The summed E-state index contributed by atoms with van der Waals surface area (Å²) in [6, 6.07) is 13.0. The van der Waals surface area contributed by atoms with E-state index in [1.54, 1.807) is 35.3 Å². The molecule has 166 valence electrons. The molecule has 6 nitrogen and oxygen atoms in total. The van der Waals surface area contributed by atoms with E-state index in [9.17, 15) is 9.59 Å². The van der Waals surface area contributed by atoms with Crippen LogP contribution in [0.2, 0.25) is 0 Å². The number of aromatic nitrogens is 1. The SMILES string of the molecule is CCCOC(=O)c1ccc(CN2C(=O)C(C)Oc3ccc(-c4nc(C)sc4C)cc32)cc1. The summed E-state index contributed by atoms with van der Waals surface area (Å²) >= 11 is 1.65. The van der Waals surface area contributed by atoms with E-state index in [0.717, 1.165) is 38.8 Å². The Hall–Kier alpha value is -3.19. The highest BCUT2D eigenvalue weighted by Crippen LogP contribution is 2.39. The Kier molecular flexibility index (Phi) is 6.28. The Morgan fingerprint density at radius 1 is 1.19 bits per heavy atom. The molecule has 0 saturated carbocycles. The minimum absolute atomic E-state index is 0.104. The van der Waals surface area contributed by atoms with E-state index in [-0.39, 0.29) is 11.9 Å². The molecule has 7 heteroatoms. The minimum Gasteiger partial charge on any atom is -0.479 e. The van der Waals surface area contributed by atoms with Crippen LogP contribution in [0.3, 0.4) is 0 Å². The van der Waals surface area contributed by atoms with Gasteiger partial charge in [0.1, 0.15) is 5.75 Å². The van der Waals surface area contributed by atoms with Crippen molar-refractivity contribution >= 4 is 28.9 Å². The molecule has 0 bridgehead atoms. The quantitative estimate of drug-likeness (QED) is 0.476. The van der Waals surface area contributed by atoms with Gasteiger partial charge >= 0.3 is 5.97 Å². The zero-order valence-electron chi connectivity index (χ0n) is 18.7. The van der Waals surface area contributed by atoms with Gasteiger partial charge in [-0.25, -0.2) is 9.78 Å². The number of benzene rings is 2. The van der Waals surface area contributed by atoms with Crippen molar-refractivity contribution in [2.75, 3.05) is 11.5 Å². The Morgan fingerprint density at radius 2 is 1.94 bits per heavy atom. The van der Waals surface area contributed by atoms with Crippen molar-refractivity contribution in [2.24, 2.45) is 0 Å². The monoisotopic (exact) mass is 450 g/mol. The summed E-state index contributed by atoms with van der Waals surface area (Å²) in [5, 5.41) is 1.01. The average molecular weight is 451 g/mol. The number of hydrogen-bond acceptors (Lipinski definition) is 6. The molecular weight excluding hydrogens is 424 g/mol. The molecule has 1 aliphatic heterocycles. The lowest BCUT2D eigenvalue weighted by Crippen LogP contribution is -2.44. The fourth-order valence-electron chi connectivity index (χ4n) is 3.72. The standard InChI is InChI=1S/C25H26N2O4S/c1-5-12-30-25(29)19-8-6-18(7-9-19)14-27-21-13-20(23-16(3)32-17(4)26-23)10-11-22(21)31-15(2)24(27)28/h6-11,13,15H,5,12,14H2,1-4H3. The molecule has 0 N–H and O–H groups in total. The number of fused-ring (bicyclic) bond motifs is 1. The van der Waals surface area contributed by atoms with Gasteiger partial charge in [0.15, 0.2) is 6.10 Å². The van der Waals surface area contributed by atoms with Gasteiger partial charge in [-0.2, -0.15) is 0 Å². The maximum atomic E-state index is 13.0. The Bertz CT molecular complexity index is 1150. The summed E-state index contributed by atoms with van der Waals surface area (Å²) in [5.41, 5.74) is 4.02. The summed E-state index contributed by atoms with van der Waals surface area (Å²) in [6.07, 6.45) is 0.211. The highest BCUT2D eigenvalue weighted by Gasteiger charge is 2.32. The third kappa shape index (κ3) is 4.39. The van der Waals surface area contributed by atoms with Crippen molar-refractivity contribution in [1.29, 1.82) is 0 Å². The topological polar surface area (TPSA) is 68.7 Å². The first kappa shape index (κ1) is 22.0. The highest BCUT2D eigenvalue weighted by atomic mass is 32.1. The fourth-order valence-corrected chi connectivity index (χ4v) is 4.56. The predicted octanol–water partition coefficient (Wildman–Crippen LogP) is 5.31. The third-order valence-corrected chi connectivity index (χ3v) is 6.20. The number of carbonyl (C=O) groups excluding carboxylic acids is 2. The Labute approximate surface area is 191 Å². The fraction of sp³-hybridized carbons (Fsp3) is 0.320. The molecule has 32 heavy (non-hydrogen) atoms. The van der Waals surface area contributed by atoms with Gasteiger partial charge < -0.3 is 14.4 Å². The molecule has 4 rings (SSSR count). The molecule has 1 atom stereocenters. The molecule has 0 fully saturated rings. The first-order valence-electron chi connectivity index (χ1n) is 10.7. The first-order valence-corrected chi connectivity index (χ1v) is 11.5. The van der Waals surface area contributed by atoms with E-state index in [2.05, 4.69) is 4.98 Å². The van der Waals surface area contributed by atoms with Crippen molar-refractivity contribution < 1.29 is 19.1 Å². The molecule has 1 amide bonds. The van der Waals surface area contributed by atoms with Gasteiger partial charge in [0.25, 0.3) is 5.91 Å². The van der Waals surface area contributed by atoms with Crippen LogP contribution in [0.4, 0.5) is 5.69 Å². The second-order valence-corrected chi connectivity index (χ2v) is 9.24. The number of esters is 1. The number of amides is 1. The van der Waals surface area contributed by atoms with Gasteiger partial charge in [0, 0.05) is 10.4 Å². The largest absolute Gasteiger partial charge is 0.479 e. The van der Waals surface area contributed by atoms with Gasteiger partial charge in [0.2, 0.25) is 0 Å². The lowest BCUT2D eigenvalue weighted by atomic mass is 10.1. The summed E-state index contributed by atoms with van der Waals surface area (Å²) in [4.78, 5) is 32.6. The second kappa shape index (κ2) is 9.12. The van der Waals surface area contributed by atoms with Crippen LogP contribution in [0, 0.1) is 13.8 Å². The first-order chi connectivity index (χ1) is 15.4. The van der Waals surface area contributed by atoms with Crippen LogP contribution in [0.1, 0.15) is 46.1 Å². The molecule has 2 aromatic carbocycles. The molecule has 2 heterocycles. The average Bonchev–Trinajstić information content (AvgIpc) is 3.13. The molecular formula is C25H26N2O4S. The van der Waals surface area contributed by atoms with Crippen LogP contribution in [-0.2, 0) is 16.1 Å². The zero-order valence-corrected chi connectivity index (χ0v) is 19.5. The van der Waals surface area contributed by atoms with Crippen LogP contribution in [0.25, 0.3) is 11.3 Å². The van der Waals surface area contributed by atoms with Crippen molar-refractivity contribution in [2.45, 2.75) is 46.8 Å². The summed E-state index contributed by atoms with van der Waals surface area (Å²) in [6.45, 7) is 8.53. The van der Waals surface area contributed by atoms with E-state index in [1.807, 2.05) is 51.1 Å². The van der Waals surface area contributed by atoms with E-state index < -0.39 is 6.10 Å². The number of anilines is 1. The molecule has 0 aliphatic carbocycles. The maximum Gasteiger partial charge on any atom is 0.338 e. The highest BCUT2D eigenvalue weighted by molar-refractivity contribution is 7.11. The van der Waals surface area contributed by atoms with Gasteiger partial charge in [-0.15, -0.1) is 11.3 Å². The number of aryl methyl sites for hydroxylation is 2. The number of thiazole rings is 1. The van der Waals surface area contributed by atoms with Crippen molar-refractivity contribution in [3.05, 3.63) is 63.5 Å². The third-order valence-electron chi connectivity index (χ3n) is 5.31. The van der Waals surface area contributed by atoms with E-state index in [0.29, 0.717) is 24.5 Å². The van der Waals surface area contributed by atoms with E-state index in [4.69, 9.17) is 9.47 Å². The van der Waals surface area contributed by atoms with Crippen LogP contribution in [0.15, 0.2) is 42.5 Å². The molecule has 1 unspecified atom stereocenters. The molecule has 1 aliphatic rings. The molecule has 0 spiro atoms. The minimum atomic E-state index is -0.570. The van der Waals surface area contributed by atoms with Gasteiger partial charge in [-0.1, -0.05) is 19.1 Å². The lowest BCUT2D eigenvalue weighted by Gasteiger charge is -2.33. The molecule has 1 aromatic heterocycles. The van der Waals surface area contributed by atoms with Crippen LogP contribution in [-0.4, -0.2) is 29.6 Å². The smallest absolute Gasteiger partial charge is 0.338 e. The summed E-state index contributed by atoms with van der Waals surface area (Å²) in [5.74, 6) is 0.232. The van der Waals surface area contributed by atoms with Crippen LogP contribution in [0.5, 0.6) is 5.75 Å². The van der Waals surface area contributed by atoms with Crippen molar-refractivity contribution in [3.8, 4) is 17.0 Å². The Morgan fingerprint density at radius 3 is 2.59 bits per heavy atom. The molecule has 3 aromatic rings. The number of rotatable bonds is 6. The van der Waals surface area contributed by atoms with Crippen LogP contribution >= 0.6 is 11.3 Å². The predicted molar refractivity (Wildman–Crippen MR) is 125 cm³/mol. The van der Waals surface area contributed by atoms with Crippen molar-refractivity contribution in [1.82, 2.24) is 4.98 Å². The summed E-state index contributed by atoms with van der Waals surface area (Å²) < 4.78 is 11.0. The lowest BCUT2D eigenvalue weighted by molar-refractivity contribution is -0.125. The number of nitrogens with zero attached hydrogens (tertiary/aromatic N) is 2. The normalized spacial score (nSPS) is 15.3. The zero-order chi connectivity index (χ0) is 22.8. The van der Waals surface area contributed by atoms with Gasteiger partial charge in [0.05, 0.1) is 35.1 Å². The van der Waals surface area contributed by atoms with Crippen LogP contribution < -0.4 is 9.64 Å². The van der Waals surface area contributed by atoms with E-state index >= 15 is 0 Å². The Balaban J connectivity index is 1.63. The maximum absolute atomic E-state index is 13.0. The molecule has 0 saturated heterocycles. The second-order valence-electron chi connectivity index (χ2n) is 7.84. The van der Waals surface area contributed by atoms with Crippen molar-refractivity contribution in [3.63, 3.8) is 0 Å². The number of ether oxygens (including phenoxy) is 2. The number of carbonyl (C=O) groups is 2. The van der Waals surface area contributed by atoms with Gasteiger partial charge in [-0.3, -0.25) is 4.79 Å². The number of hydrogen-bond donors (Lipinski definition) is 0.